The van der Waals surface area contributed by atoms with Crippen LogP contribution in [0, 0.1) is 12.7 Å². The van der Waals surface area contributed by atoms with Gasteiger partial charge < -0.3 is 5.73 Å². The van der Waals surface area contributed by atoms with E-state index in [-0.39, 0.29) is 15.6 Å². The fourth-order valence-corrected chi connectivity index (χ4v) is 3.30. The van der Waals surface area contributed by atoms with Crippen LogP contribution in [-0.2, 0) is 10.0 Å². The van der Waals surface area contributed by atoms with E-state index >= 15 is 0 Å². The number of nitrogen functional groups attached to an aromatic ring is 1. The number of aryl methyl sites for hydroxylation is 1. The minimum absolute atomic E-state index is 0.0561. The van der Waals surface area contributed by atoms with Crippen LogP contribution in [0.3, 0.4) is 0 Å². The molecule has 0 aliphatic heterocycles. The molecule has 4 nitrogen and oxygen atoms in total. The summed E-state index contributed by atoms with van der Waals surface area (Å²) in [7, 11) is -3.93. The monoisotopic (exact) mass is 314 g/mol. The summed E-state index contributed by atoms with van der Waals surface area (Å²) >= 11 is 5.93. The van der Waals surface area contributed by atoms with Gasteiger partial charge in [0.15, 0.2) is 0 Å². The van der Waals surface area contributed by atoms with Gasteiger partial charge in [0.1, 0.15) is 10.7 Å². The number of nitrogens with two attached hydrogens (primary N) is 1. The highest BCUT2D eigenvalue weighted by Gasteiger charge is 2.19. The minimum Gasteiger partial charge on any atom is -0.398 e. The molecule has 0 amide bonds. The average molecular weight is 315 g/mol. The predicted octanol–water partition coefficient (Wildman–Crippen LogP) is 3.17. The smallest absolute Gasteiger partial charge is 0.263 e. The van der Waals surface area contributed by atoms with Gasteiger partial charge in [-0.05, 0) is 42.8 Å². The van der Waals surface area contributed by atoms with Crippen molar-refractivity contribution in [1.82, 2.24) is 0 Å². The van der Waals surface area contributed by atoms with Crippen molar-refractivity contribution in [3.63, 3.8) is 0 Å². The number of benzene rings is 2. The second-order valence-corrected chi connectivity index (χ2v) is 6.31. The van der Waals surface area contributed by atoms with E-state index in [4.69, 9.17) is 17.3 Å². The first-order valence-corrected chi connectivity index (χ1v) is 7.50. The highest BCUT2D eigenvalue weighted by molar-refractivity contribution is 7.92. The molecule has 3 N–H and O–H groups in total. The van der Waals surface area contributed by atoms with Crippen LogP contribution >= 0.6 is 11.6 Å². The number of hydrogen-bond donors (Lipinski definition) is 2. The van der Waals surface area contributed by atoms with Crippen LogP contribution in [0.15, 0.2) is 41.3 Å². The van der Waals surface area contributed by atoms with Gasteiger partial charge in [-0.2, -0.15) is 0 Å². The Labute approximate surface area is 121 Å². The van der Waals surface area contributed by atoms with Crippen LogP contribution in [-0.4, -0.2) is 8.42 Å². The van der Waals surface area contributed by atoms with Crippen LogP contribution in [0.25, 0.3) is 0 Å². The first kappa shape index (κ1) is 14.6. The van der Waals surface area contributed by atoms with Gasteiger partial charge in [-0.25, -0.2) is 12.8 Å². The third kappa shape index (κ3) is 3.02. The van der Waals surface area contributed by atoms with Crippen LogP contribution in [0.2, 0.25) is 5.02 Å². The molecule has 0 bridgehead atoms. The van der Waals surface area contributed by atoms with Gasteiger partial charge in [-0.3, -0.25) is 4.72 Å². The summed E-state index contributed by atoms with van der Waals surface area (Å²) in [5.74, 6) is -0.542. The summed E-state index contributed by atoms with van der Waals surface area (Å²) in [5, 5.41) is 0.0561. The van der Waals surface area contributed by atoms with Crippen molar-refractivity contribution >= 4 is 33.0 Å². The zero-order valence-electron chi connectivity index (χ0n) is 10.5. The van der Waals surface area contributed by atoms with Crippen LogP contribution < -0.4 is 10.5 Å². The van der Waals surface area contributed by atoms with E-state index in [1.54, 1.807) is 6.92 Å². The molecular formula is C13H12ClFN2O2S. The molecule has 2 aromatic carbocycles. The second kappa shape index (κ2) is 5.30. The van der Waals surface area contributed by atoms with Gasteiger partial charge in [0, 0.05) is 5.69 Å². The predicted molar refractivity (Wildman–Crippen MR) is 77.8 cm³/mol. The fourth-order valence-electron chi connectivity index (χ4n) is 1.64. The van der Waals surface area contributed by atoms with E-state index in [9.17, 15) is 12.8 Å². The molecule has 0 aromatic heterocycles. The molecule has 106 valence electrons. The standard InChI is InChI=1S/C13H12ClFN2O2S/c1-8-5-11(14)13(7-12(8)16)20(18,19)17-10-4-2-3-9(15)6-10/h2-7,17H,16H2,1H3. The average Bonchev–Trinajstić information content (AvgIpc) is 2.33. The first-order valence-electron chi connectivity index (χ1n) is 5.63. The maximum absolute atomic E-state index is 13.1. The number of anilines is 2. The topological polar surface area (TPSA) is 72.2 Å². The van der Waals surface area contributed by atoms with Crippen LogP contribution in [0.5, 0.6) is 0 Å². The number of hydrogen-bond acceptors (Lipinski definition) is 3. The first-order chi connectivity index (χ1) is 9.29. The Morgan fingerprint density at radius 1 is 1.25 bits per heavy atom. The van der Waals surface area contributed by atoms with Gasteiger partial charge in [0.25, 0.3) is 10.0 Å². The molecule has 0 saturated carbocycles. The highest BCUT2D eigenvalue weighted by Crippen LogP contribution is 2.28. The lowest BCUT2D eigenvalue weighted by Crippen LogP contribution is -2.14. The highest BCUT2D eigenvalue weighted by atomic mass is 35.5. The molecule has 2 aromatic rings. The third-order valence-corrected chi connectivity index (χ3v) is 4.53. The van der Waals surface area contributed by atoms with Crippen molar-refractivity contribution < 1.29 is 12.8 Å². The Kier molecular flexibility index (Phi) is 3.87. The molecule has 7 heteroatoms. The molecule has 0 aliphatic rings. The molecule has 0 fully saturated rings. The molecule has 0 heterocycles. The van der Waals surface area contributed by atoms with Crippen molar-refractivity contribution in [3.8, 4) is 0 Å². The summed E-state index contributed by atoms with van der Waals surface area (Å²) in [6, 6.07) is 7.87. The largest absolute Gasteiger partial charge is 0.398 e. The van der Waals surface area contributed by atoms with Crippen molar-refractivity contribution in [2.24, 2.45) is 0 Å². The number of nitrogens with one attached hydrogen (secondary N) is 1. The summed E-state index contributed by atoms with van der Waals surface area (Å²) in [4.78, 5) is -0.147. The Morgan fingerprint density at radius 3 is 2.60 bits per heavy atom. The van der Waals surface area contributed by atoms with Gasteiger partial charge in [0.05, 0.1) is 10.7 Å². The maximum Gasteiger partial charge on any atom is 0.263 e. The van der Waals surface area contributed by atoms with Crippen LogP contribution in [0.4, 0.5) is 15.8 Å². The number of sulfonamides is 1. The fraction of sp³-hybridized carbons (Fsp3) is 0.0769. The quantitative estimate of drug-likeness (QED) is 0.855. The van der Waals surface area contributed by atoms with Gasteiger partial charge >= 0.3 is 0 Å². The van der Waals surface area contributed by atoms with E-state index < -0.39 is 15.8 Å². The summed E-state index contributed by atoms with van der Waals surface area (Å²) < 4.78 is 39.8. The number of rotatable bonds is 3. The lowest BCUT2D eigenvalue weighted by molar-refractivity contribution is 0.601. The van der Waals surface area contributed by atoms with Crippen molar-refractivity contribution in [2.75, 3.05) is 10.5 Å². The lowest BCUT2D eigenvalue weighted by atomic mass is 10.2. The van der Waals surface area contributed by atoms with Crippen LogP contribution in [0.1, 0.15) is 5.56 Å². The molecule has 0 spiro atoms. The molecule has 2 rings (SSSR count). The minimum atomic E-state index is -3.93. The molecule has 0 aliphatic carbocycles. The summed E-state index contributed by atoms with van der Waals surface area (Å²) in [6.07, 6.45) is 0. The molecule has 0 atom stereocenters. The van der Waals surface area contributed by atoms with Gasteiger partial charge in [0.2, 0.25) is 0 Å². The Hall–Kier alpha value is -1.79. The van der Waals surface area contributed by atoms with Gasteiger partial charge in [-0.1, -0.05) is 17.7 Å². The Bertz CT molecular complexity index is 763. The lowest BCUT2D eigenvalue weighted by Gasteiger charge is -2.11. The van der Waals surface area contributed by atoms with E-state index in [2.05, 4.69) is 4.72 Å². The third-order valence-electron chi connectivity index (χ3n) is 2.69. The maximum atomic E-state index is 13.1. The van der Waals surface area contributed by atoms with Crippen molar-refractivity contribution in [3.05, 3.63) is 52.8 Å². The van der Waals surface area contributed by atoms with E-state index in [0.717, 1.165) is 6.07 Å². The molecule has 0 saturated heterocycles. The zero-order chi connectivity index (χ0) is 14.9. The summed E-state index contributed by atoms with van der Waals surface area (Å²) in [6.45, 7) is 1.72. The van der Waals surface area contributed by atoms with E-state index in [1.807, 2.05) is 0 Å². The molecule has 0 radical (unpaired) electrons. The van der Waals surface area contributed by atoms with Gasteiger partial charge in [-0.15, -0.1) is 0 Å². The SMILES string of the molecule is Cc1cc(Cl)c(S(=O)(=O)Nc2cccc(F)c2)cc1N. The summed E-state index contributed by atoms with van der Waals surface area (Å²) in [5.41, 5.74) is 6.80. The number of halogens is 2. The zero-order valence-corrected chi connectivity index (χ0v) is 12.1. The van der Waals surface area contributed by atoms with E-state index in [1.165, 1.54) is 30.3 Å². The molecular weight excluding hydrogens is 303 g/mol. The van der Waals surface area contributed by atoms with E-state index in [0.29, 0.717) is 11.3 Å². The van der Waals surface area contributed by atoms with Crippen molar-refractivity contribution in [2.45, 2.75) is 11.8 Å². The molecule has 20 heavy (non-hydrogen) atoms. The normalized spacial score (nSPS) is 11.3. The second-order valence-electron chi connectivity index (χ2n) is 4.26. The Balaban J connectivity index is 2.43. The molecule has 0 unspecified atom stereocenters. The Morgan fingerprint density at radius 2 is 1.95 bits per heavy atom. The van der Waals surface area contributed by atoms with Crippen molar-refractivity contribution in [1.29, 1.82) is 0 Å².